The third-order valence-electron chi connectivity index (χ3n) is 3.86. The molecule has 9 nitrogen and oxygen atoms in total. The first kappa shape index (κ1) is 35.4. The third kappa shape index (κ3) is 28.8. The highest BCUT2D eigenvalue weighted by molar-refractivity contribution is 5.86. The highest BCUT2D eigenvalue weighted by Crippen LogP contribution is 2.12. The molecule has 1 heterocycles. The Morgan fingerprint density at radius 3 is 1.88 bits per heavy atom. The summed E-state index contributed by atoms with van der Waals surface area (Å²) in [4.78, 5) is 40.6. The van der Waals surface area contributed by atoms with Crippen LogP contribution in [-0.2, 0) is 38.1 Å². The lowest BCUT2D eigenvalue weighted by Gasteiger charge is -2.13. The smallest absolute Gasteiger partial charge is 0.333 e. The van der Waals surface area contributed by atoms with E-state index in [1.807, 2.05) is 0 Å². The number of methoxy groups -OCH3 is 1. The molecule has 1 aliphatic heterocycles. The third-order valence-corrected chi connectivity index (χ3v) is 3.86. The normalized spacial score (nSPS) is 13.2. The highest BCUT2D eigenvalue weighted by Gasteiger charge is 2.24. The van der Waals surface area contributed by atoms with Crippen LogP contribution in [0.15, 0.2) is 50.1 Å². The molecule has 2 unspecified atom stereocenters. The number of epoxide rings is 1. The molecule has 0 saturated carbocycles. The van der Waals surface area contributed by atoms with Crippen LogP contribution in [0, 0.1) is 5.92 Å². The van der Waals surface area contributed by atoms with Gasteiger partial charge in [-0.3, -0.25) is 0 Å². The van der Waals surface area contributed by atoms with Gasteiger partial charge in [0, 0.05) is 23.8 Å². The minimum Gasteiger partial charge on any atom is -0.478 e. The van der Waals surface area contributed by atoms with Gasteiger partial charge in [0.25, 0.3) is 0 Å². The van der Waals surface area contributed by atoms with Gasteiger partial charge in [0.05, 0.1) is 20.3 Å². The summed E-state index contributed by atoms with van der Waals surface area (Å²) >= 11 is 0. The van der Waals surface area contributed by atoms with Gasteiger partial charge in [-0.1, -0.05) is 59.4 Å². The Kier molecular flexibility index (Phi) is 25.4. The van der Waals surface area contributed by atoms with Crippen molar-refractivity contribution >= 4 is 23.9 Å². The zero-order chi connectivity index (χ0) is 26.9. The molecule has 1 rings (SSSR count). The number of carboxylic acid groups (broad SMARTS) is 1. The van der Waals surface area contributed by atoms with Crippen LogP contribution in [0.25, 0.3) is 0 Å². The maximum Gasteiger partial charge on any atom is 0.333 e. The lowest BCUT2D eigenvalue weighted by molar-refractivity contribution is -0.140. The number of esters is 3. The van der Waals surface area contributed by atoms with Gasteiger partial charge in [-0.25, -0.2) is 19.2 Å². The Bertz CT molecular complexity index is 649. The number of carboxylic acids is 1. The molecule has 0 amide bonds. The van der Waals surface area contributed by atoms with E-state index in [9.17, 15) is 19.2 Å². The summed E-state index contributed by atoms with van der Waals surface area (Å²) in [6, 6.07) is 0. The van der Waals surface area contributed by atoms with Crippen LogP contribution in [0.3, 0.4) is 0 Å². The van der Waals surface area contributed by atoms with E-state index < -0.39 is 11.9 Å². The second-order valence-corrected chi connectivity index (χ2v) is 6.85. The summed E-state index contributed by atoms with van der Waals surface area (Å²) in [6.45, 7) is 20.4. The minimum absolute atomic E-state index is 0.142. The predicted octanol–water partition coefficient (Wildman–Crippen LogP) is 4.04. The maximum atomic E-state index is 10.8. The van der Waals surface area contributed by atoms with Gasteiger partial charge in [-0.15, -0.1) is 0 Å². The summed E-state index contributed by atoms with van der Waals surface area (Å²) in [5.41, 5.74) is 0.431. The van der Waals surface area contributed by atoms with Crippen molar-refractivity contribution in [3.05, 3.63) is 50.1 Å². The molecule has 0 radical (unpaired) electrons. The topological polar surface area (TPSA) is 129 Å². The fourth-order valence-corrected chi connectivity index (χ4v) is 1.70. The Balaban J connectivity index is -0.000000404. The molecule has 0 aromatic rings. The van der Waals surface area contributed by atoms with Gasteiger partial charge in [0.15, 0.2) is 0 Å². The lowest BCUT2D eigenvalue weighted by Crippen LogP contribution is -2.12. The zero-order valence-corrected chi connectivity index (χ0v) is 20.9. The Morgan fingerprint density at radius 1 is 1.06 bits per heavy atom. The predicted molar refractivity (Wildman–Crippen MR) is 130 cm³/mol. The average molecular weight is 485 g/mol. The van der Waals surface area contributed by atoms with Crippen molar-refractivity contribution in [1.82, 2.24) is 0 Å². The summed E-state index contributed by atoms with van der Waals surface area (Å²) in [5.74, 6) is -1.51. The van der Waals surface area contributed by atoms with Crippen molar-refractivity contribution in [3.63, 3.8) is 0 Å². The number of hydrogen-bond acceptors (Lipinski definition) is 8. The second-order valence-electron chi connectivity index (χ2n) is 6.85. The molecular formula is C25H40O9. The average Bonchev–Trinajstić information content (AvgIpc) is 3.67. The van der Waals surface area contributed by atoms with Crippen LogP contribution < -0.4 is 0 Å². The summed E-state index contributed by atoms with van der Waals surface area (Å²) in [5, 5.41) is 7.60. The first-order valence-electron chi connectivity index (χ1n) is 10.8. The minimum atomic E-state index is -0.981. The molecule has 34 heavy (non-hydrogen) atoms. The number of hydrogen-bond donors (Lipinski definition) is 1. The lowest BCUT2D eigenvalue weighted by atomic mass is 10.0. The summed E-state index contributed by atoms with van der Waals surface area (Å²) in [7, 11) is 1.31. The van der Waals surface area contributed by atoms with Gasteiger partial charge in [0.2, 0.25) is 0 Å². The molecule has 0 bridgehead atoms. The molecule has 0 aromatic carbocycles. The van der Waals surface area contributed by atoms with E-state index in [1.54, 1.807) is 6.92 Å². The van der Waals surface area contributed by atoms with Crippen LogP contribution in [-0.4, -0.2) is 62.0 Å². The van der Waals surface area contributed by atoms with Crippen molar-refractivity contribution < 1.29 is 43.2 Å². The first-order chi connectivity index (χ1) is 16.0. The quantitative estimate of drug-likeness (QED) is 0.189. The number of carbonyl (C=O) groups excluding carboxylic acids is 3. The van der Waals surface area contributed by atoms with E-state index >= 15 is 0 Å². The standard InChI is InChI=1S/C11H20O2.C7H10O3.C4H6O2.C3H4O2/c1-4-7-8-10(5-2)9-13-11(12)6-3;1-5(2)7(8)10-4-6-3-9-6;1-3-4(5)6-2;1-2-3(4)5/h6,10H,3-5,7-9H2,1-2H3;6H,1,3-4H2,2H3;3H,1H2,2H3;2H,1H2,(H,4,5). The van der Waals surface area contributed by atoms with Crippen LogP contribution in [0.1, 0.15) is 46.5 Å². The van der Waals surface area contributed by atoms with Crippen molar-refractivity contribution in [1.29, 1.82) is 0 Å². The molecule has 2 atom stereocenters. The molecule has 0 aromatic heterocycles. The van der Waals surface area contributed by atoms with Gasteiger partial charge in [-0.05, 0) is 19.3 Å². The molecule has 1 aliphatic rings. The van der Waals surface area contributed by atoms with Gasteiger partial charge in [-0.2, -0.15) is 0 Å². The number of carbonyl (C=O) groups is 4. The Hall–Kier alpha value is -3.20. The molecule has 1 fully saturated rings. The fraction of sp³-hybridized carbons (Fsp3) is 0.520. The molecule has 0 spiro atoms. The number of aliphatic carboxylic acids is 1. The Morgan fingerprint density at radius 2 is 1.59 bits per heavy atom. The van der Waals surface area contributed by atoms with E-state index in [0.717, 1.165) is 25.0 Å². The molecule has 1 N–H and O–H groups in total. The van der Waals surface area contributed by atoms with Crippen molar-refractivity contribution in [2.75, 3.05) is 26.9 Å². The monoisotopic (exact) mass is 484 g/mol. The SMILES string of the molecule is C=C(C)C(=O)OCC1CO1.C=CC(=O)O.C=CC(=O)OC.C=CC(=O)OCC(CC)CCCC. The number of ether oxygens (including phenoxy) is 4. The fourth-order valence-electron chi connectivity index (χ4n) is 1.70. The molecule has 0 aliphatic carbocycles. The van der Waals surface area contributed by atoms with Crippen LogP contribution >= 0.6 is 0 Å². The maximum absolute atomic E-state index is 10.8. The van der Waals surface area contributed by atoms with Crippen LogP contribution in [0.4, 0.5) is 0 Å². The van der Waals surface area contributed by atoms with Crippen molar-refractivity contribution in [2.45, 2.75) is 52.6 Å². The number of unbranched alkanes of at least 4 members (excludes halogenated alkanes) is 1. The molecule has 1 saturated heterocycles. The summed E-state index contributed by atoms with van der Waals surface area (Å²) in [6.07, 6.45) is 7.94. The zero-order valence-electron chi connectivity index (χ0n) is 20.9. The first-order valence-corrected chi connectivity index (χ1v) is 10.8. The van der Waals surface area contributed by atoms with Gasteiger partial charge in [0.1, 0.15) is 12.7 Å². The molecular weight excluding hydrogens is 444 g/mol. The van der Waals surface area contributed by atoms with Crippen molar-refractivity contribution in [3.8, 4) is 0 Å². The van der Waals surface area contributed by atoms with E-state index in [0.29, 0.717) is 31.3 Å². The van der Waals surface area contributed by atoms with E-state index in [-0.39, 0.29) is 18.0 Å². The number of rotatable bonds is 12. The van der Waals surface area contributed by atoms with E-state index in [1.165, 1.54) is 26.0 Å². The Labute approximate surface area is 203 Å². The van der Waals surface area contributed by atoms with E-state index in [2.05, 4.69) is 44.9 Å². The molecule has 194 valence electrons. The largest absolute Gasteiger partial charge is 0.478 e. The summed E-state index contributed by atoms with van der Waals surface area (Å²) < 4.78 is 18.7. The van der Waals surface area contributed by atoms with Crippen molar-refractivity contribution in [2.24, 2.45) is 5.92 Å². The van der Waals surface area contributed by atoms with E-state index in [4.69, 9.17) is 19.3 Å². The molecule has 9 heteroatoms. The van der Waals surface area contributed by atoms with Crippen LogP contribution in [0.2, 0.25) is 0 Å². The van der Waals surface area contributed by atoms with Crippen LogP contribution in [0.5, 0.6) is 0 Å². The highest BCUT2D eigenvalue weighted by atomic mass is 16.6. The second kappa shape index (κ2) is 24.4. The van der Waals surface area contributed by atoms with Gasteiger partial charge < -0.3 is 24.1 Å². The van der Waals surface area contributed by atoms with Gasteiger partial charge >= 0.3 is 23.9 Å².